The number of anilines is 2. The Morgan fingerprint density at radius 1 is 1.15 bits per heavy atom. The van der Waals surface area contributed by atoms with Crippen LogP contribution in [0.3, 0.4) is 0 Å². The van der Waals surface area contributed by atoms with Crippen LogP contribution in [0, 0.1) is 0 Å². The van der Waals surface area contributed by atoms with Crippen molar-refractivity contribution in [3.63, 3.8) is 0 Å². The van der Waals surface area contributed by atoms with Crippen LogP contribution in [0.4, 0.5) is 11.5 Å². The van der Waals surface area contributed by atoms with Gasteiger partial charge in [0.1, 0.15) is 0 Å². The number of hydrogen-bond acceptors (Lipinski definition) is 3. The van der Waals surface area contributed by atoms with Gasteiger partial charge in [-0.25, -0.2) is 0 Å². The fourth-order valence-electron chi connectivity index (χ4n) is 1.35. The van der Waals surface area contributed by atoms with E-state index < -0.39 is 0 Å². The highest BCUT2D eigenvalue weighted by Gasteiger charge is 2.16. The van der Waals surface area contributed by atoms with Gasteiger partial charge in [-0.05, 0) is 12.1 Å². The van der Waals surface area contributed by atoms with Crippen LogP contribution in [0.1, 0.15) is 0 Å². The molecule has 0 aliphatic carbocycles. The zero-order valence-corrected chi connectivity index (χ0v) is 6.74. The summed E-state index contributed by atoms with van der Waals surface area (Å²) in [5, 5.41) is 9.86. The summed E-state index contributed by atoms with van der Waals surface area (Å²) in [6.07, 6.45) is 1.65. The minimum Gasteiger partial charge on any atom is -0.450 e. The topological polar surface area (TPSA) is 49.9 Å². The van der Waals surface area contributed by atoms with Crippen molar-refractivity contribution >= 4 is 11.5 Å². The van der Waals surface area contributed by atoms with Gasteiger partial charge in [0.25, 0.3) is 0 Å². The molecule has 1 aromatic heterocycles. The van der Waals surface area contributed by atoms with Crippen molar-refractivity contribution < 1.29 is 4.74 Å². The minimum absolute atomic E-state index is 0.735. The first kappa shape index (κ1) is 6.54. The molecule has 4 heteroatoms. The smallest absolute Gasteiger partial charge is 0.189 e. The molecule has 0 radical (unpaired) electrons. The van der Waals surface area contributed by atoms with Gasteiger partial charge >= 0.3 is 0 Å². The predicted molar refractivity (Wildman–Crippen MR) is 48.4 cm³/mol. The predicted octanol–water partition coefficient (Wildman–Crippen LogP) is 2.26. The van der Waals surface area contributed by atoms with Gasteiger partial charge in [0.15, 0.2) is 17.3 Å². The van der Waals surface area contributed by atoms with Gasteiger partial charge in [-0.2, -0.15) is 5.10 Å². The van der Waals surface area contributed by atoms with Crippen LogP contribution < -0.4 is 10.1 Å². The normalized spacial score (nSPS) is 12.3. The van der Waals surface area contributed by atoms with Crippen LogP contribution in [0.2, 0.25) is 0 Å². The number of fused-ring (bicyclic) bond motifs is 2. The van der Waals surface area contributed by atoms with E-state index in [-0.39, 0.29) is 0 Å². The van der Waals surface area contributed by atoms with E-state index in [1.807, 2.05) is 24.3 Å². The molecule has 0 spiro atoms. The third-order valence-corrected chi connectivity index (χ3v) is 1.97. The van der Waals surface area contributed by atoms with Crippen molar-refractivity contribution in [2.45, 2.75) is 0 Å². The zero-order chi connectivity index (χ0) is 8.67. The molecule has 1 aliphatic rings. The van der Waals surface area contributed by atoms with Gasteiger partial charge < -0.3 is 10.1 Å². The number of rotatable bonds is 0. The van der Waals surface area contributed by atoms with Gasteiger partial charge in [0, 0.05) is 0 Å². The Balaban J connectivity index is 2.14. The van der Waals surface area contributed by atoms with Crippen molar-refractivity contribution in [1.82, 2.24) is 10.2 Å². The Morgan fingerprint density at radius 2 is 2.08 bits per heavy atom. The maximum absolute atomic E-state index is 5.56. The Labute approximate surface area is 74.5 Å². The van der Waals surface area contributed by atoms with E-state index >= 15 is 0 Å². The molecule has 0 saturated heterocycles. The second kappa shape index (κ2) is 2.26. The number of hydrogen-bond donors (Lipinski definition) is 2. The third-order valence-electron chi connectivity index (χ3n) is 1.97. The lowest BCUT2D eigenvalue weighted by Gasteiger charge is -2.17. The monoisotopic (exact) mass is 173 g/mol. The first-order valence-corrected chi connectivity index (χ1v) is 4.01. The van der Waals surface area contributed by atoms with Crippen molar-refractivity contribution in [1.29, 1.82) is 0 Å². The summed E-state index contributed by atoms with van der Waals surface area (Å²) < 4.78 is 5.56. The molecule has 13 heavy (non-hydrogen) atoms. The molecular formula is C9H7N3O. The van der Waals surface area contributed by atoms with Crippen molar-refractivity contribution in [2.24, 2.45) is 0 Å². The number of aromatic nitrogens is 2. The number of para-hydroxylation sites is 2. The molecule has 2 aromatic rings. The second-order valence-corrected chi connectivity index (χ2v) is 2.83. The Kier molecular flexibility index (Phi) is 1.14. The van der Waals surface area contributed by atoms with Crippen LogP contribution in [0.15, 0.2) is 30.5 Å². The summed E-state index contributed by atoms with van der Waals surface area (Å²) in [5.74, 6) is 2.37. The lowest BCUT2D eigenvalue weighted by atomic mass is 10.2. The van der Waals surface area contributed by atoms with Gasteiger partial charge in [-0.3, -0.25) is 5.10 Å². The first-order valence-electron chi connectivity index (χ1n) is 4.01. The Bertz CT molecular complexity index is 410. The lowest BCUT2D eigenvalue weighted by molar-refractivity contribution is 0.481. The van der Waals surface area contributed by atoms with Crippen LogP contribution in [0.25, 0.3) is 0 Å². The molecule has 0 unspecified atom stereocenters. The number of H-pyrrole nitrogens is 1. The van der Waals surface area contributed by atoms with E-state index in [0.29, 0.717) is 0 Å². The van der Waals surface area contributed by atoms with E-state index in [4.69, 9.17) is 4.74 Å². The molecule has 0 fully saturated rings. The molecular weight excluding hydrogens is 166 g/mol. The summed E-state index contributed by atoms with van der Waals surface area (Å²) in [6.45, 7) is 0. The molecule has 0 bridgehead atoms. The molecule has 3 rings (SSSR count). The van der Waals surface area contributed by atoms with Gasteiger partial charge in [0.2, 0.25) is 0 Å². The van der Waals surface area contributed by atoms with Crippen LogP contribution in [0.5, 0.6) is 11.5 Å². The van der Waals surface area contributed by atoms with E-state index in [2.05, 4.69) is 15.5 Å². The van der Waals surface area contributed by atoms with Gasteiger partial charge in [-0.1, -0.05) is 12.1 Å². The third kappa shape index (κ3) is 0.885. The molecule has 0 saturated carbocycles. The average molecular weight is 173 g/mol. The second-order valence-electron chi connectivity index (χ2n) is 2.83. The maximum Gasteiger partial charge on any atom is 0.189 e. The molecule has 1 aliphatic heterocycles. The summed E-state index contributed by atoms with van der Waals surface area (Å²) in [7, 11) is 0. The SMILES string of the molecule is c1ccc2c(c1)Nc1[nH]ncc1O2. The minimum atomic E-state index is 0.735. The molecule has 0 amide bonds. The van der Waals surface area contributed by atoms with Crippen LogP contribution >= 0.6 is 0 Å². The van der Waals surface area contributed by atoms with Crippen molar-refractivity contribution in [3.8, 4) is 11.5 Å². The van der Waals surface area contributed by atoms with E-state index in [0.717, 1.165) is 23.0 Å². The number of nitrogens with zero attached hydrogens (tertiary/aromatic N) is 1. The average Bonchev–Trinajstić information content (AvgIpc) is 2.61. The summed E-state index contributed by atoms with van der Waals surface area (Å²) in [4.78, 5) is 0. The molecule has 64 valence electrons. The number of ether oxygens (including phenoxy) is 1. The van der Waals surface area contributed by atoms with Crippen molar-refractivity contribution in [3.05, 3.63) is 30.5 Å². The number of aromatic amines is 1. The van der Waals surface area contributed by atoms with E-state index in [1.54, 1.807) is 6.20 Å². The van der Waals surface area contributed by atoms with E-state index in [1.165, 1.54) is 0 Å². The van der Waals surface area contributed by atoms with Crippen molar-refractivity contribution in [2.75, 3.05) is 5.32 Å². The Hall–Kier alpha value is -1.97. The molecule has 4 nitrogen and oxygen atoms in total. The van der Waals surface area contributed by atoms with Gasteiger partial charge in [0.05, 0.1) is 11.9 Å². The highest BCUT2D eigenvalue weighted by Crippen LogP contribution is 2.39. The van der Waals surface area contributed by atoms with E-state index in [9.17, 15) is 0 Å². The lowest BCUT2D eigenvalue weighted by Crippen LogP contribution is -2.00. The summed E-state index contributed by atoms with van der Waals surface area (Å²) in [6, 6.07) is 7.76. The summed E-state index contributed by atoms with van der Waals surface area (Å²) in [5.41, 5.74) is 0.958. The highest BCUT2D eigenvalue weighted by molar-refractivity contribution is 5.72. The molecule has 2 N–H and O–H groups in total. The summed E-state index contributed by atoms with van der Waals surface area (Å²) >= 11 is 0. The molecule has 0 atom stereocenters. The first-order chi connectivity index (χ1) is 6.43. The quantitative estimate of drug-likeness (QED) is 0.548. The zero-order valence-electron chi connectivity index (χ0n) is 6.74. The highest BCUT2D eigenvalue weighted by atomic mass is 16.5. The fraction of sp³-hybridized carbons (Fsp3) is 0. The number of nitrogens with one attached hydrogen (secondary N) is 2. The van der Waals surface area contributed by atoms with Crippen LogP contribution in [-0.4, -0.2) is 10.2 Å². The molecule has 2 heterocycles. The Morgan fingerprint density at radius 3 is 3.08 bits per heavy atom. The largest absolute Gasteiger partial charge is 0.450 e. The maximum atomic E-state index is 5.56. The van der Waals surface area contributed by atoms with Gasteiger partial charge in [-0.15, -0.1) is 0 Å². The van der Waals surface area contributed by atoms with Crippen LogP contribution in [-0.2, 0) is 0 Å². The fourth-order valence-corrected chi connectivity index (χ4v) is 1.35. The molecule has 1 aromatic carbocycles. The number of benzene rings is 1. The standard InChI is InChI=1S/C9H7N3O/c1-2-4-7-6(3-1)11-9-8(13-7)5-10-12-9/h1-5H,(H2,10,11,12).